The van der Waals surface area contributed by atoms with Gasteiger partial charge in [-0.2, -0.15) is 0 Å². The minimum atomic E-state index is -0.278. The van der Waals surface area contributed by atoms with E-state index in [0.717, 1.165) is 0 Å². The van der Waals surface area contributed by atoms with Crippen molar-refractivity contribution in [2.75, 3.05) is 11.1 Å². The highest BCUT2D eigenvalue weighted by molar-refractivity contribution is 7.99. The van der Waals surface area contributed by atoms with Crippen LogP contribution in [-0.4, -0.2) is 31.5 Å². The second-order valence-electron chi connectivity index (χ2n) is 5.65. The maximum absolute atomic E-state index is 12.3. The van der Waals surface area contributed by atoms with Gasteiger partial charge in [0.2, 0.25) is 5.91 Å². The Morgan fingerprint density at radius 2 is 1.86 bits per heavy atom. The summed E-state index contributed by atoms with van der Waals surface area (Å²) in [4.78, 5) is 12.3. The molecule has 1 aromatic heterocycles. The molecular formula is C18H15Cl3N4O2S. The Labute approximate surface area is 180 Å². The molecule has 0 saturated heterocycles. The molecule has 10 heteroatoms. The number of phenols is 1. The molecule has 0 bridgehead atoms. The summed E-state index contributed by atoms with van der Waals surface area (Å²) in [6.45, 7) is 2.52. The number of benzene rings is 2. The summed E-state index contributed by atoms with van der Waals surface area (Å²) in [7, 11) is 0. The number of halogens is 3. The van der Waals surface area contributed by atoms with Gasteiger partial charge in [0, 0.05) is 6.54 Å². The lowest BCUT2D eigenvalue weighted by molar-refractivity contribution is -0.113. The van der Waals surface area contributed by atoms with Crippen LogP contribution in [0.2, 0.25) is 15.1 Å². The highest BCUT2D eigenvalue weighted by Crippen LogP contribution is 2.33. The van der Waals surface area contributed by atoms with E-state index in [2.05, 4.69) is 15.5 Å². The van der Waals surface area contributed by atoms with E-state index in [4.69, 9.17) is 34.8 Å². The smallest absolute Gasteiger partial charge is 0.234 e. The van der Waals surface area contributed by atoms with Gasteiger partial charge in [-0.25, -0.2) is 0 Å². The fourth-order valence-electron chi connectivity index (χ4n) is 2.48. The molecule has 2 N–H and O–H groups in total. The molecule has 0 unspecified atom stereocenters. The number of hydrogen-bond acceptors (Lipinski definition) is 5. The average molecular weight is 458 g/mol. The molecule has 0 aliphatic heterocycles. The number of rotatable bonds is 6. The third-order valence-electron chi connectivity index (χ3n) is 3.79. The predicted octanol–water partition coefficient (Wildman–Crippen LogP) is 5.36. The molecule has 6 nitrogen and oxygen atoms in total. The predicted molar refractivity (Wildman–Crippen MR) is 114 cm³/mol. The third kappa shape index (κ3) is 4.55. The van der Waals surface area contributed by atoms with Gasteiger partial charge in [0.15, 0.2) is 11.0 Å². The fraction of sp³-hybridized carbons (Fsp3) is 0.167. The number of amides is 1. The number of carbonyl (C=O) groups is 1. The Hall–Kier alpha value is -1.93. The quantitative estimate of drug-likeness (QED) is 0.385. The molecule has 0 aliphatic carbocycles. The molecule has 28 heavy (non-hydrogen) atoms. The summed E-state index contributed by atoms with van der Waals surface area (Å²) in [6, 6.07) is 9.87. The topological polar surface area (TPSA) is 80.0 Å². The summed E-state index contributed by atoms with van der Waals surface area (Å²) in [6.07, 6.45) is 0. The van der Waals surface area contributed by atoms with Gasteiger partial charge in [-0.1, -0.05) is 58.7 Å². The Kier molecular flexibility index (Phi) is 6.72. The van der Waals surface area contributed by atoms with Crippen molar-refractivity contribution in [3.63, 3.8) is 0 Å². The van der Waals surface area contributed by atoms with Crippen LogP contribution in [-0.2, 0) is 11.3 Å². The van der Waals surface area contributed by atoms with E-state index < -0.39 is 0 Å². The average Bonchev–Trinajstić information content (AvgIpc) is 3.07. The van der Waals surface area contributed by atoms with Gasteiger partial charge in [-0.15, -0.1) is 10.2 Å². The first-order valence-corrected chi connectivity index (χ1v) is 10.3. The van der Waals surface area contributed by atoms with Gasteiger partial charge in [0.25, 0.3) is 0 Å². The molecule has 1 heterocycles. The highest BCUT2D eigenvalue weighted by Gasteiger charge is 2.17. The number of thioether (sulfide) groups is 1. The molecule has 0 radical (unpaired) electrons. The minimum Gasteiger partial charge on any atom is -0.507 e. The van der Waals surface area contributed by atoms with Crippen molar-refractivity contribution in [2.45, 2.75) is 18.6 Å². The summed E-state index contributed by atoms with van der Waals surface area (Å²) >= 11 is 19.2. The highest BCUT2D eigenvalue weighted by atomic mass is 35.5. The van der Waals surface area contributed by atoms with Gasteiger partial charge in [0.05, 0.1) is 32.1 Å². The van der Waals surface area contributed by atoms with E-state index in [0.29, 0.717) is 43.8 Å². The van der Waals surface area contributed by atoms with Crippen LogP contribution >= 0.6 is 46.6 Å². The van der Waals surface area contributed by atoms with Crippen LogP contribution in [0.3, 0.4) is 0 Å². The molecule has 2 aromatic carbocycles. The van der Waals surface area contributed by atoms with Crippen molar-refractivity contribution in [1.29, 1.82) is 0 Å². The number of aromatic nitrogens is 3. The van der Waals surface area contributed by atoms with Crippen molar-refractivity contribution in [1.82, 2.24) is 14.8 Å². The lowest BCUT2D eigenvalue weighted by atomic mass is 10.2. The number of nitrogens with one attached hydrogen (secondary N) is 1. The van der Waals surface area contributed by atoms with E-state index in [9.17, 15) is 9.90 Å². The van der Waals surface area contributed by atoms with Crippen LogP contribution in [0.4, 0.5) is 5.69 Å². The Morgan fingerprint density at radius 1 is 1.14 bits per heavy atom. The second kappa shape index (κ2) is 9.05. The van der Waals surface area contributed by atoms with E-state index in [1.54, 1.807) is 18.2 Å². The van der Waals surface area contributed by atoms with Gasteiger partial charge in [-0.05, 0) is 31.2 Å². The summed E-state index contributed by atoms with van der Waals surface area (Å²) in [5.74, 6) is 0.472. The van der Waals surface area contributed by atoms with Crippen LogP contribution in [0, 0.1) is 0 Å². The fourth-order valence-corrected chi connectivity index (χ4v) is 3.87. The van der Waals surface area contributed by atoms with Gasteiger partial charge in [-0.3, -0.25) is 4.79 Å². The number of carbonyl (C=O) groups excluding carboxylic acids is 1. The largest absolute Gasteiger partial charge is 0.507 e. The maximum atomic E-state index is 12.3. The zero-order chi connectivity index (χ0) is 20.3. The van der Waals surface area contributed by atoms with Crippen LogP contribution in [0.5, 0.6) is 5.75 Å². The number of hydrogen-bond donors (Lipinski definition) is 2. The van der Waals surface area contributed by atoms with Crippen LogP contribution in [0.25, 0.3) is 11.4 Å². The first-order valence-electron chi connectivity index (χ1n) is 8.19. The monoisotopic (exact) mass is 456 g/mol. The first kappa shape index (κ1) is 20.8. The minimum absolute atomic E-state index is 0.0927. The van der Waals surface area contributed by atoms with Crippen LogP contribution in [0.1, 0.15) is 6.92 Å². The first-order chi connectivity index (χ1) is 13.4. The molecule has 1 amide bonds. The normalized spacial score (nSPS) is 10.9. The van der Waals surface area contributed by atoms with Gasteiger partial charge < -0.3 is 15.0 Å². The van der Waals surface area contributed by atoms with Crippen molar-refractivity contribution >= 4 is 58.2 Å². The van der Waals surface area contributed by atoms with Gasteiger partial charge >= 0.3 is 0 Å². The lowest BCUT2D eigenvalue weighted by Crippen LogP contribution is -2.15. The molecule has 146 valence electrons. The number of para-hydroxylation sites is 1. The van der Waals surface area contributed by atoms with Crippen LogP contribution < -0.4 is 5.32 Å². The van der Waals surface area contributed by atoms with Crippen molar-refractivity contribution < 1.29 is 9.90 Å². The van der Waals surface area contributed by atoms with Crippen LogP contribution in [0.15, 0.2) is 41.6 Å². The molecule has 0 fully saturated rings. The van der Waals surface area contributed by atoms with Crippen molar-refractivity contribution in [3.8, 4) is 17.1 Å². The maximum Gasteiger partial charge on any atom is 0.234 e. The Balaban J connectivity index is 1.72. The SMILES string of the molecule is CCn1c(SCC(=O)Nc2cc(Cl)c(Cl)cc2Cl)nnc1-c1ccccc1O. The molecule has 0 saturated carbocycles. The molecule has 0 atom stereocenters. The lowest BCUT2D eigenvalue weighted by Gasteiger charge is -2.10. The van der Waals surface area contributed by atoms with Crippen molar-refractivity contribution in [2.24, 2.45) is 0 Å². The molecule has 0 spiro atoms. The van der Waals surface area contributed by atoms with E-state index >= 15 is 0 Å². The summed E-state index contributed by atoms with van der Waals surface area (Å²) in [5, 5.41) is 22.5. The van der Waals surface area contributed by atoms with E-state index in [1.807, 2.05) is 17.6 Å². The summed E-state index contributed by atoms with van der Waals surface area (Å²) in [5.41, 5.74) is 0.962. The zero-order valence-electron chi connectivity index (χ0n) is 14.6. The Morgan fingerprint density at radius 3 is 2.57 bits per heavy atom. The Bertz CT molecular complexity index is 1030. The molecular weight excluding hydrogens is 443 g/mol. The van der Waals surface area contributed by atoms with E-state index in [-0.39, 0.29) is 17.4 Å². The summed E-state index contributed by atoms with van der Waals surface area (Å²) < 4.78 is 1.83. The number of phenolic OH excluding ortho intramolecular Hbond substituents is 1. The molecule has 3 aromatic rings. The number of nitrogens with zero attached hydrogens (tertiary/aromatic N) is 3. The number of anilines is 1. The van der Waals surface area contributed by atoms with E-state index in [1.165, 1.54) is 23.9 Å². The third-order valence-corrected chi connectivity index (χ3v) is 5.80. The van der Waals surface area contributed by atoms with Crippen molar-refractivity contribution in [3.05, 3.63) is 51.5 Å². The van der Waals surface area contributed by atoms with Gasteiger partial charge in [0.1, 0.15) is 5.75 Å². The molecule has 0 aliphatic rings. The number of aromatic hydroxyl groups is 1. The second-order valence-corrected chi connectivity index (χ2v) is 7.81. The molecule has 3 rings (SSSR count). The zero-order valence-corrected chi connectivity index (χ0v) is 17.7. The standard InChI is InChI=1S/C18H15Cl3N4O2S/c1-2-25-17(10-5-3-4-6-15(10)26)23-24-18(25)28-9-16(27)22-14-8-12(20)11(19)7-13(14)21/h3-8,26H,2,9H2,1H3,(H,22,27).